The Morgan fingerprint density at radius 1 is 0.760 bits per heavy atom. The van der Waals surface area contributed by atoms with E-state index in [1.54, 1.807) is 0 Å². The Kier molecular flexibility index (Phi) is 3.95. The monoisotopic (exact) mass is 324 g/mol. The van der Waals surface area contributed by atoms with Crippen LogP contribution in [0, 0.1) is 20.2 Å². The summed E-state index contributed by atoms with van der Waals surface area (Å²) >= 11 is 0. The Bertz CT molecular complexity index is 976. The van der Waals surface area contributed by atoms with Crippen LogP contribution in [-0.4, -0.2) is 4.57 Å². The molecule has 0 radical (unpaired) electrons. The molecule has 1 heterocycles. The van der Waals surface area contributed by atoms with Crippen molar-refractivity contribution in [3.05, 3.63) is 103 Å². The average Bonchev–Trinajstić information content (AvgIpc) is 3.12. The molecule has 0 aliphatic rings. The zero-order valence-electron chi connectivity index (χ0n) is 14.5. The van der Waals surface area contributed by atoms with Crippen molar-refractivity contribution in [2.75, 3.05) is 0 Å². The molecule has 0 aliphatic heterocycles. The van der Waals surface area contributed by atoms with Crippen molar-refractivity contribution in [2.24, 2.45) is 0 Å². The van der Waals surface area contributed by atoms with Crippen molar-refractivity contribution in [3.8, 4) is 22.5 Å². The molecule has 4 aromatic rings. The van der Waals surface area contributed by atoms with E-state index in [1.165, 1.54) is 22.3 Å². The SMILES string of the molecule is Cc1cc(C)cc(-n2[c-][n+](-c3ccc(-c4ccccc4)cc3)cc2)c1. The number of aryl methyl sites for hydroxylation is 2. The van der Waals surface area contributed by atoms with Gasteiger partial charge in [0.05, 0.1) is 11.4 Å². The largest absolute Gasteiger partial charge is 0.299 e. The minimum absolute atomic E-state index is 1.10. The van der Waals surface area contributed by atoms with Crippen LogP contribution in [-0.2, 0) is 0 Å². The number of nitrogens with zero attached hydrogens (tertiary/aromatic N) is 2. The van der Waals surface area contributed by atoms with E-state index in [0.29, 0.717) is 0 Å². The molecule has 25 heavy (non-hydrogen) atoms. The third kappa shape index (κ3) is 3.24. The molecular formula is C23H20N2. The Balaban J connectivity index is 1.64. The van der Waals surface area contributed by atoms with Gasteiger partial charge in [-0.3, -0.25) is 9.13 Å². The van der Waals surface area contributed by atoms with Crippen LogP contribution in [0.2, 0.25) is 0 Å². The molecule has 0 N–H and O–H groups in total. The number of imidazole rings is 1. The first-order chi connectivity index (χ1) is 12.2. The van der Waals surface area contributed by atoms with E-state index < -0.39 is 0 Å². The molecule has 0 amide bonds. The quantitative estimate of drug-likeness (QED) is 0.377. The van der Waals surface area contributed by atoms with Gasteiger partial charge in [0.15, 0.2) is 0 Å². The Hall–Kier alpha value is -3.13. The van der Waals surface area contributed by atoms with Crippen LogP contribution in [0.15, 0.2) is 85.2 Å². The van der Waals surface area contributed by atoms with Crippen LogP contribution in [0.1, 0.15) is 11.1 Å². The summed E-state index contributed by atoms with van der Waals surface area (Å²) in [5.41, 5.74) is 7.21. The second kappa shape index (κ2) is 6.40. The summed E-state index contributed by atoms with van der Waals surface area (Å²) in [6.45, 7) is 4.24. The molecule has 0 unspecified atom stereocenters. The molecule has 0 aliphatic carbocycles. The first kappa shape index (κ1) is 15.4. The second-order valence-corrected chi connectivity index (χ2v) is 6.40. The van der Waals surface area contributed by atoms with Gasteiger partial charge in [-0.25, -0.2) is 0 Å². The minimum atomic E-state index is 1.10. The van der Waals surface area contributed by atoms with Crippen molar-refractivity contribution < 1.29 is 4.57 Å². The van der Waals surface area contributed by atoms with Crippen LogP contribution in [0.25, 0.3) is 22.5 Å². The summed E-state index contributed by atoms with van der Waals surface area (Å²) in [5, 5.41) is 0. The molecule has 4 rings (SSSR count). The van der Waals surface area contributed by atoms with Gasteiger partial charge in [0.25, 0.3) is 6.33 Å². The summed E-state index contributed by atoms with van der Waals surface area (Å²) in [6, 6.07) is 25.5. The van der Waals surface area contributed by atoms with Crippen LogP contribution in [0.4, 0.5) is 0 Å². The Morgan fingerprint density at radius 2 is 1.40 bits per heavy atom. The molecule has 0 saturated heterocycles. The van der Waals surface area contributed by atoms with Crippen molar-refractivity contribution in [1.29, 1.82) is 0 Å². The van der Waals surface area contributed by atoms with Gasteiger partial charge in [-0.1, -0.05) is 59.7 Å². The van der Waals surface area contributed by atoms with Gasteiger partial charge in [-0.2, -0.15) is 0 Å². The van der Waals surface area contributed by atoms with Crippen LogP contribution in [0.5, 0.6) is 0 Å². The number of rotatable bonds is 3. The molecular weight excluding hydrogens is 304 g/mol. The van der Waals surface area contributed by atoms with E-state index in [0.717, 1.165) is 11.4 Å². The molecule has 0 atom stereocenters. The lowest BCUT2D eigenvalue weighted by molar-refractivity contribution is -0.599. The van der Waals surface area contributed by atoms with E-state index in [1.807, 2.05) is 27.6 Å². The average molecular weight is 324 g/mol. The third-order valence-electron chi connectivity index (χ3n) is 4.32. The molecule has 0 spiro atoms. The molecule has 1 aromatic heterocycles. The predicted octanol–water partition coefficient (Wildman–Crippen LogP) is 4.84. The highest BCUT2D eigenvalue weighted by Crippen LogP contribution is 2.19. The number of benzene rings is 3. The maximum Gasteiger partial charge on any atom is 0.268 e. The minimum Gasteiger partial charge on any atom is -0.299 e. The molecule has 122 valence electrons. The van der Waals surface area contributed by atoms with E-state index in [-0.39, 0.29) is 0 Å². The maximum atomic E-state index is 3.39. The van der Waals surface area contributed by atoms with Crippen LogP contribution < -0.4 is 4.57 Å². The fraction of sp³-hybridized carbons (Fsp3) is 0.0870. The van der Waals surface area contributed by atoms with E-state index in [2.05, 4.69) is 86.9 Å². The summed E-state index contributed by atoms with van der Waals surface area (Å²) in [5.74, 6) is 0. The van der Waals surface area contributed by atoms with Gasteiger partial charge in [0.2, 0.25) is 0 Å². The van der Waals surface area contributed by atoms with Crippen LogP contribution >= 0.6 is 0 Å². The van der Waals surface area contributed by atoms with Gasteiger partial charge in [0.1, 0.15) is 0 Å². The number of hydrogen-bond acceptors (Lipinski definition) is 0. The second-order valence-electron chi connectivity index (χ2n) is 6.40. The third-order valence-corrected chi connectivity index (χ3v) is 4.32. The molecule has 0 fully saturated rings. The smallest absolute Gasteiger partial charge is 0.268 e. The van der Waals surface area contributed by atoms with Gasteiger partial charge >= 0.3 is 0 Å². The summed E-state index contributed by atoms with van der Waals surface area (Å²) < 4.78 is 4.05. The summed E-state index contributed by atoms with van der Waals surface area (Å²) in [4.78, 5) is 0. The zero-order valence-corrected chi connectivity index (χ0v) is 14.5. The molecule has 2 nitrogen and oxygen atoms in total. The molecule has 0 saturated carbocycles. The maximum absolute atomic E-state index is 3.39. The Labute approximate surface area is 148 Å². The van der Waals surface area contributed by atoms with E-state index >= 15 is 0 Å². The van der Waals surface area contributed by atoms with Gasteiger partial charge in [0, 0.05) is 12.4 Å². The molecule has 0 bridgehead atoms. The van der Waals surface area contributed by atoms with Gasteiger partial charge in [-0.15, -0.1) is 0 Å². The first-order valence-electron chi connectivity index (χ1n) is 8.46. The molecule has 2 heteroatoms. The highest BCUT2D eigenvalue weighted by molar-refractivity contribution is 5.63. The fourth-order valence-corrected chi connectivity index (χ4v) is 3.14. The van der Waals surface area contributed by atoms with Crippen molar-refractivity contribution in [3.63, 3.8) is 0 Å². The van der Waals surface area contributed by atoms with Crippen molar-refractivity contribution in [1.82, 2.24) is 4.57 Å². The van der Waals surface area contributed by atoms with Crippen molar-refractivity contribution >= 4 is 0 Å². The molecule has 3 aromatic carbocycles. The predicted molar refractivity (Wildman–Crippen MR) is 101 cm³/mol. The van der Waals surface area contributed by atoms with E-state index in [4.69, 9.17) is 0 Å². The van der Waals surface area contributed by atoms with Gasteiger partial charge in [-0.05, 0) is 49.2 Å². The standard InChI is InChI=1S/C23H20N2/c1-18-14-19(2)16-23(15-18)25-13-12-24(17-25)22-10-8-21(9-11-22)20-6-4-3-5-7-20/h3-16H,1-2H3. The van der Waals surface area contributed by atoms with Gasteiger partial charge < -0.3 is 0 Å². The number of aromatic nitrogens is 2. The number of hydrogen-bond donors (Lipinski definition) is 0. The van der Waals surface area contributed by atoms with E-state index in [9.17, 15) is 0 Å². The lowest BCUT2D eigenvalue weighted by Crippen LogP contribution is -2.27. The first-order valence-corrected chi connectivity index (χ1v) is 8.46. The zero-order chi connectivity index (χ0) is 17.2. The summed E-state index contributed by atoms with van der Waals surface area (Å²) in [7, 11) is 0. The topological polar surface area (TPSA) is 8.81 Å². The Morgan fingerprint density at radius 3 is 2.08 bits per heavy atom. The van der Waals surface area contributed by atoms with Crippen molar-refractivity contribution in [2.45, 2.75) is 13.8 Å². The van der Waals surface area contributed by atoms with Crippen LogP contribution in [0.3, 0.4) is 0 Å². The normalized spacial score (nSPS) is 10.8. The highest BCUT2D eigenvalue weighted by atomic mass is 15.1. The summed E-state index contributed by atoms with van der Waals surface area (Å²) in [6.07, 6.45) is 7.47. The highest BCUT2D eigenvalue weighted by Gasteiger charge is 2.04. The fourth-order valence-electron chi connectivity index (χ4n) is 3.14. The lowest BCUT2D eigenvalue weighted by Gasteiger charge is -2.06. The lowest BCUT2D eigenvalue weighted by atomic mass is 10.1.